The third-order valence-electron chi connectivity index (χ3n) is 3.60. The summed E-state index contributed by atoms with van der Waals surface area (Å²) in [6, 6.07) is 13.8. The van der Waals surface area contributed by atoms with Crippen molar-refractivity contribution in [3.05, 3.63) is 48.8 Å². The van der Waals surface area contributed by atoms with Gasteiger partial charge in [-0.2, -0.15) is 0 Å². The van der Waals surface area contributed by atoms with Gasteiger partial charge in [-0.15, -0.1) is 0 Å². The zero-order chi connectivity index (χ0) is 14.8. The van der Waals surface area contributed by atoms with E-state index in [0.717, 1.165) is 34.6 Å². The summed E-state index contributed by atoms with van der Waals surface area (Å²) in [7, 11) is 0. The van der Waals surface area contributed by atoms with Crippen molar-refractivity contribution >= 4 is 16.7 Å². The van der Waals surface area contributed by atoms with E-state index >= 15 is 0 Å². The Morgan fingerprint density at radius 2 is 1.95 bits per heavy atom. The van der Waals surface area contributed by atoms with Crippen molar-refractivity contribution in [3.63, 3.8) is 0 Å². The largest absolute Gasteiger partial charge is 0.491 e. The van der Waals surface area contributed by atoms with Crippen molar-refractivity contribution in [2.75, 3.05) is 5.73 Å². The van der Waals surface area contributed by atoms with Gasteiger partial charge in [-0.3, -0.25) is 4.57 Å². The summed E-state index contributed by atoms with van der Waals surface area (Å²) < 4.78 is 7.88. The SMILES string of the molecule is CCC(C)Oc1ccc2c(c1)ncn2-c1ccc(N)cc1. The summed E-state index contributed by atoms with van der Waals surface area (Å²) in [6.45, 7) is 4.18. The average Bonchev–Trinajstić information content (AvgIpc) is 2.91. The van der Waals surface area contributed by atoms with Gasteiger partial charge in [0.15, 0.2) is 0 Å². The van der Waals surface area contributed by atoms with Gasteiger partial charge in [0, 0.05) is 17.4 Å². The molecule has 108 valence electrons. The van der Waals surface area contributed by atoms with Gasteiger partial charge in [-0.05, 0) is 49.7 Å². The highest BCUT2D eigenvalue weighted by Crippen LogP contribution is 2.24. The van der Waals surface area contributed by atoms with E-state index in [1.165, 1.54) is 0 Å². The topological polar surface area (TPSA) is 53.1 Å². The third-order valence-corrected chi connectivity index (χ3v) is 3.60. The Kier molecular flexibility index (Phi) is 3.52. The number of ether oxygens (including phenoxy) is 1. The van der Waals surface area contributed by atoms with Crippen LogP contribution in [0.2, 0.25) is 0 Å². The summed E-state index contributed by atoms with van der Waals surface area (Å²) in [5, 5.41) is 0. The number of nitrogens with zero attached hydrogens (tertiary/aromatic N) is 2. The molecular formula is C17H19N3O. The summed E-state index contributed by atoms with van der Waals surface area (Å²) >= 11 is 0. The van der Waals surface area contributed by atoms with Crippen molar-refractivity contribution in [1.29, 1.82) is 0 Å². The number of nitrogen functional groups attached to an aromatic ring is 1. The van der Waals surface area contributed by atoms with E-state index in [2.05, 4.69) is 18.8 Å². The first kappa shape index (κ1) is 13.5. The van der Waals surface area contributed by atoms with Gasteiger partial charge in [-0.1, -0.05) is 6.92 Å². The highest BCUT2D eigenvalue weighted by atomic mass is 16.5. The molecule has 1 heterocycles. The molecule has 0 amide bonds. The van der Waals surface area contributed by atoms with Gasteiger partial charge in [0.2, 0.25) is 0 Å². The monoisotopic (exact) mass is 281 g/mol. The normalized spacial score (nSPS) is 12.5. The second-order valence-electron chi connectivity index (χ2n) is 5.19. The Hall–Kier alpha value is -2.49. The molecule has 0 aliphatic rings. The second-order valence-corrected chi connectivity index (χ2v) is 5.19. The molecule has 21 heavy (non-hydrogen) atoms. The standard InChI is InChI=1S/C17H19N3O/c1-3-12(2)21-15-8-9-17-16(10-15)19-11-20(17)14-6-4-13(18)5-7-14/h4-12H,3,18H2,1-2H3. The van der Waals surface area contributed by atoms with Gasteiger partial charge in [0.25, 0.3) is 0 Å². The molecule has 2 N–H and O–H groups in total. The molecule has 4 heteroatoms. The summed E-state index contributed by atoms with van der Waals surface area (Å²) in [5.41, 5.74) is 9.51. The van der Waals surface area contributed by atoms with Crippen molar-refractivity contribution in [2.45, 2.75) is 26.4 Å². The molecular weight excluding hydrogens is 262 g/mol. The van der Waals surface area contributed by atoms with Crippen molar-refractivity contribution in [3.8, 4) is 11.4 Å². The van der Waals surface area contributed by atoms with E-state index in [0.29, 0.717) is 0 Å². The van der Waals surface area contributed by atoms with Crippen LogP contribution >= 0.6 is 0 Å². The Balaban J connectivity index is 1.97. The lowest BCUT2D eigenvalue weighted by Gasteiger charge is -2.12. The quantitative estimate of drug-likeness (QED) is 0.740. The van der Waals surface area contributed by atoms with Gasteiger partial charge < -0.3 is 10.5 Å². The van der Waals surface area contributed by atoms with Crippen LogP contribution < -0.4 is 10.5 Å². The summed E-state index contributed by atoms with van der Waals surface area (Å²) in [5.74, 6) is 0.861. The smallest absolute Gasteiger partial charge is 0.122 e. The Morgan fingerprint density at radius 3 is 2.67 bits per heavy atom. The van der Waals surface area contributed by atoms with E-state index in [9.17, 15) is 0 Å². The minimum absolute atomic E-state index is 0.210. The number of nitrogens with two attached hydrogens (primary N) is 1. The number of fused-ring (bicyclic) bond motifs is 1. The van der Waals surface area contributed by atoms with Crippen molar-refractivity contribution in [2.24, 2.45) is 0 Å². The Morgan fingerprint density at radius 1 is 1.19 bits per heavy atom. The van der Waals surface area contributed by atoms with Gasteiger partial charge >= 0.3 is 0 Å². The Labute approximate surface area is 124 Å². The molecule has 0 aliphatic heterocycles. The number of benzene rings is 2. The van der Waals surface area contributed by atoms with E-state index in [-0.39, 0.29) is 6.10 Å². The number of anilines is 1. The third kappa shape index (κ3) is 2.70. The second kappa shape index (κ2) is 5.48. The van der Waals surface area contributed by atoms with Crippen LogP contribution in [-0.4, -0.2) is 15.7 Å². The molecule has 1 atom stereocenters. The van der Waals surface area contributed by atoms with E-state index < -0.39 is 0 Å². The predicted octanol–water partition coefficient (Wildman–Crippen LogP) is 3.79. The molecule has 0 radical (unpaired) electrons. The van der Waals surface area contributed by atoms with Crippen LogP contribution in [0, 0.1) is 0 Å². The van der Waals surface area contributed by atoms with E-state index in [4.69, 9.17) is 10.5 Å². The fourth-order valence-corrected chi connectivity index (χ4v) is 2.22. The van der Waals surface area contributed by atoms with Crippen molar-refractivity contribution in [1.82, 2.24) is 9.55 Å². The fourth-order valence-electron chi connectivity index (χ4n) is 2.22. The molecule has 0 spiro atoms. The molecule has 3 rings (SSSR count). The first-order valence-corrected chi connectivity index (χ1v) is 7.17. The van der Waals surface area contributed by atoms with Gasteiger partial charge in [0.1, 0.15) is 12.1 Å². The van der Waals surface area contributed by atoms with E-state index in [1.807, 2.05) is 53.4 Å². The zero-order valence-corrected chi connectivity index (χ0v) is 12.3. The highest BCUT2D eigenvalue weighted by Gasteiger charge is 2.07. The number of imidazole rings is 1. The van der Waals surface area contributed by atoms with Crippen LogP contribution in [0.4, 0.5) is 5.69 Å². The highest BCUT2D eigenvalue weighted by molar-refractivity contribution is 5.79. The maximum absolute atomic E-state index is 5.84. The lowest BCUT2D eigenvalue weighted by Crippen LogP contribution is -2.09. The lowest BCUT2D eigenvalue weighted by molar-refractivity contribution is 0.217. The fraction of sp³-hybridized carbons (Fsp3) is 0.235. The molecule has 0 saturated carbocycles. The van der Waals surface area contributed by atoms with Crippen LogP contribution in [0.1, 0.15) is 20.3 Å². The maximum atomic E-state index is 5.84. The van der Waals surface area contributed by atoms with Crippen LogP contribution in [0.3, 0.4) is 0 Å². The number of rotatable bonds is 4. The van der Waals surface area contributed by atoms with Gasteiger partial charge in [-0.25, -0.2) is 4.98 Å². The van der Waals surface area contributed by atoms with Gasteiger partial charge in [0.05, 0.1) is 17.1 Å². The molecule has 1 aromatic heterocycles. The van der Waals surface area contributed by atoms with E-state index in [1.54, 1.807) is 0 Å². The number of hydrogen-bond acceptors (Lipinski definition) is 3. The minimum atomic E-state index is 0.210. The predicted molar refractivity (Wildman–Crippen MR) is 85.9 cm³/mol. The molecule has 1 unspecified atom stereocenters. The van der Waals surface area contributed by atoms with Crippen LogP contribution in [0.5, 0.6) is 5.75 Å². The maximum Gasteiger partial charge on any atom is 0.122 e. The Bertz CT molecular complexity index is 746. The molecule has 0 bridgehead atoms. The molecule has 0 fully saturated rings. The molecule has 0 saturated heterocycles. The first-order chi connectivity index (χ1) is 10.2. The number of aromatic nitrogens is 2. The average molecular weight is 281 g/mol. The zero-order valence-electron chi connectivity index (χ0n) is 12.3. The van der Waals surface area contributed by atoms with Crippen molar-refractivity contribution < 1.29 is 4.74 Å². The summed E-state index contributed by atoms with van der Waals surface area (Å²) in [6.07, 6.45) is 3.02. The molecule has 4 nitrogen and oxygen atoms in total. The lowest BCUT2D eigenvalue weighted by atomic mass is 10.2. The van der Waals surface area contributed by atoms with Crippen LogP contribution in [-0.2, 0) is 0 Å². The molecule has 0 aliphatic carbocycles. The van der Waals surface area contributed by atoms with Crippen LogP contribution in [0.25, 0.3) is 16.7 Å². The minimum Gasteiger partial charge on any atom is -0.491 e. The summed E-state index contributed by atoms with van der Waals surface area (Å²) in [4.78, 5) is 4.46. The molecule has 3 aromatic rings. The molecule has 2 aromatic carbocycles. The first-order valence-electron chi connectivity index (χ1n) is 7.17. The number of hydrogen-bond donors (Lipinski definition) is 1. The van der Waals surface area contributed by atoms with Crippen LogP contribution in [0.15, 0.2) is 48.8 Å².